The molecule has 0 saturated heterocycles. The summed E-state index contributed by atoms with van der Waals surface area (Å²) < 4.78 is 24.0. The molecule has 0 aliphatic carbocycles. The molecule has 4 rings (SSSR count). The summed E-state index contributed by atoms with van der Waals surface area (Å²) >= 11 is 0. The highest BCUT2D eigenvalue weighted by Gasteiger charge is 2.15. The van der Waals surface area contributed by atoms with Crippen LogP contribution in [0.1, 0.15) is 11.1 Å². The van der Waals surface area contributed by atoms with Crippen LogP contribution in [0.4, 0.5) is 0 Å². The van der Waals surface area contributed by atoms with Crippen LogP contribution < -0.4 is 9.47 Å². The highest BCUT2D eigenvalue weighted by atomic mass is 31.2. The van der Waals surface area contributed by atoms with Gasteiger partial charge < -0.3 is 23.8 Å². The summed E-state index contributed by atoms with van der Waals surface area (Å²) in [6.45, 7) is 0.556. The van der Waals surface area contributed by atoms with Crippen LogP contribution in [-0.2, 0) is 17.3 Å². The first kappa shape index (κ1) is 19.4. The van der Waals surface area contributed by atoms with E-state index in [0.29, 0.717) is 23.6 Å². The zero-order chi connectivity index (χ0) is 20.6. The number of fused-ring (bicyclic) bond motifs is 3. The molecule has 0 aliphatic heterocycles. The summed E-state index contributed by atoms with van der Waals surface area (Å²) in [6.07, 6.45) is 3.22. The molecular formula is C20H20N3O5P. The van der Waals surface area contributed by atoms with Gasteiger partial charge in [-0.05, 0) is 17.2 Å². The fourth-order valence-corrected chi connectivity index (χ4v) is 4.07. The van der Waals surface area contributed by atoms with Gasteiger partial charge in [0.25, 0.3) is 0 Å². The highest BCUT2D eigenvalue weighted by Crippen LogP contribution is 2.39. The molecule has 0 fully saturated rings. The Morgan fingerprint density at radius 3 is 2.28 bits per heavy atom. The Hall–Kier alpha value is -2.93. The van der Waals surface area contributed by atoms with E-state index in [0.717, 1.165) is 27.5 Å². The van der Waals surface area contributed by atoms with Gasteiger partial charge in [-0.2, -0.15) is 0 Å². The first-order chi connectivity index (χ1) is 13.9. The van der Waals surface area contributed by atoms with Crippen molar-refractivity contribution in [1.29, 1.82) is 0 Å². The van der Waals surface area contributed by atoms with E-state index in [-0.39, 0.29) is 6.16 Å². The van der Waals surface area contributed by atoms with Crippen molar-refractivity contribution in [3.8, 4) is 11.5 Å². The van der Waals surface area contributed by atoms with Crippen LogP contribution in [0.2, 0.25) is 0 Å². The minimum Gasteiger partial charge on any atom is -0.493 e. The molecule has 29 heavy (non-hydrogen) atoms. The lowest BCUT2D eigenvalue weighted by atomic mass is 10.1. The van der Waals surface area contributed by atoms with E-state index in [1.807, 2.05) is 28.8 Å². The van der Waals surface area contributed by atoms with Crippen molar-refractivity contribution in [2.45, 2.75) is 12.7 Å². The number of aromatic nitrogens is 3. The number of benzene rings is 2. The first-order valence-corrected chi connectivity index (χ1v) is 10.7. The van der Waals surface area contributed by atoms with Crippen LogP contribution in [0.5, 0.6) is 11.5 Å². The molecular weight excluding hydrogens is 393 g/mol. The lowest BCUT2D eigenvalue weighted by Gasteiger charge is -2.11. The number of methoxy groups -OCH3 is 2. The molecule has 0 spiro atoms. The van der Waals surface area contributed by atoms with Crippen molar-refractivity contribution in [2.75, 3.05) is 14.2 Å². The zero-order valence-corrected chi connectivity index (χ0v) is 16.8. The third-order valence-electron chi connectivity index (χ3n) is 4.71. The van der Waals surface area contributed by atoms with Crippen LogP contribution in [0, 0.1) is 0 Å². The minimum atomic E-state index is -4.08. The van der Waals surface area contributed by atoms with Gasteiger partial charge in [0.2, 0.25) is 0 Å². The van der Waals surface area contributed by atoms with Gasteiger partial charge in [-0.15, -0.1) is 0 Å². The third-order valence-corrected chi connectivity index (χ3v) is 5.49. The maximum atomic E-state index is 11.2. The fraction of sp³-hybridized carbons (Fsp3) is 0.200. The Labute approximate surface area is 166 Å². The van der Waals surface area contributed by atoms with E-state index in [2.05, 4.69) is 9.97 Å². The summed E-state index contributed by atoms with van der Waals surface area (Å²) in [5, 5.41) is 0.899. The molecule has 8 nitrogen and oxygen atoms in total. The Morgan fingerprint density at radius 2 is 1.62 bits per heavy atom. The summed E-state index contributed by atoms with van der Waals surface area (Å²) in [7, 11) is -0.901. The number of rotatable bonds is 6. The van der Waals surface area contributed by atoms with E-state index in [4.69, 9.17) is 19.3 Å². The molecule has 0 atom stereocenters. The molecule has 2 aromatic heterocycles. The van der Waals surface area contributed by atoms with Gasteiger partial charge in [0.15, 0.2) is 11.5 Å². The second-order valence-electron chi connectivity index (χ2n) is 6.73. The smallest absolute Gasteiger partial charge is 0.329 e. The average Bonchev–Trinajstić information content (AvgIpc) is 3.10. The predicted octanol–water partition coefficient (Wildman–Crippen LogP) is 3.33. The molecule has 0 bridgehead atoms. The third kappa shape index (κ3) is 3.96. The van der Waals surface area contributed by atoms with Gasteiger partial charge in [-0.25, -0.2) is 4.98 Å². The summed E-state index contributed by atoms with van der Waals surface area (Å²) in [5.41, 5.74) is 4.06. The van der Waals surface area contributed by atoms with Gasteiger partial charge in [0.05, 0.1) is 43.9 Å². The van der Waals surface area contributed by atoms with Crippen LogP contribution in [0.15, 0.2) is 48.9 Å². The molecule has 2 heterocycles. The molecule has 0 saturated carbocycles. The Morgan fingerprint density at radius 1 is 0.966 bits per heavy atom. The molecule has 2 aromatic carbocycles. The second-order valence-corrected chi connectivity index (χ2v) is 8.37. The van der Waals surface area contributed by atoms with Crippen LogP contribution in [0.25, 0.3) is 21.9 Å². The van der Waals surface area contributed by atoms with E-state index in [1.54, 1.807) is 38.9 Å². The van der Waals surface area contributed by atoms with E-state index < -0.39 is 7.60 Å². The normalized spacial score (nSPS) is 11.9. The van der Waals surface area contributed by atoms with Crippen molar-refractivity contribution in [2.24, 2.45) is 0 Å². The number of hydrogen-bond donors (Lipinski definition) is 2. The number of nitrogens with zero attached hydrogens (tertiary/aromatic N) is 3. The lowest BCUT2D eigenvalue weighted by molar-refractivity contribution is 0.356. The average molecular weight is 413 g/mol. The topological polar surface area (TPSA) is 107 Å². The van der Waals surface area contributed by atoms with Crippen molar-refractivity contribution < 1.29 is 23.8 Å². The maximum absolute atomic E-state index is 11.2. The molecule has 4 aromatic rings. The number of hydrogen-bond acceptors (Lipinski definition) is 5. The SMILES string of the molecule is COc1cc2ncc3ncn(Cc4ccc(CP(=O)(O)O)cc4)c3c2cc1OC. The summed E-state index contributed by atoms with van der Waals surface area (Å²) in [5.74, 6) is 1.22. The largest absolute Gasteiger partial charge is 0.493 e. The number of imidazole rings is 1. The second kappa shape index (κ2) is 7.48. The Kier molecular flexibility index (Phi) is 5.00. The Balaban J connectivity index is 1.74. The first-order valence-electron chi connectivity index (χ1n) is 8.86. The van der Waals surface area contributed by atoms with Crippen molar-refractivity contribution in [3.05, 3.63) is 60.0 Å². The van der Waals surface area contributed by atoms with Crippen LogP contribution in [-0.4, -0.2) is 38.5 Å². The Bertz CT molecular complexity index is 1230. The molecule has 2 N–H and O–H groups in total. The molecule has 9 heteroatoms. The van der Waals surface area contributed by atoms with E-state index in [9.17, 15) is 4.57 Å². The number of pyridine rings is 1. The number of ether oxygens (including phenoxy) is 2. The standard InChI is InChI=1S/C20H20N3O5P/c1-27-18-7-15-16(8-19(18)28-2)21-9-17-20(15)23(12-22-17)10-13-3-5-14(6-4-13)11-29(24,25)26/h3-9,12H,10-11H2,1-2H3,(H2,24,25,26). The highest BCUT2D eigenvalue weighted by molar-refractivity contribution is 7.50. The van der Waals surface area contributed by atoms with E-state index >= 15 is 0 Å². The quantitative estimate of drug-likeness (QED) is 0.467. The van der Waals surface area contributed by atoms with Gasteiger partial charge in [-0.1, -0.05) is 24.3 Å². The molecule has 0 aliphatic rings. The van der Waals surface area contributed by atoms with Crippen LogP contribution in [0.3, 0.4) is 0 Å². The zero-order valence-electron chi connectivity index (χ0n) is 15.9. The molecule has 150 valence electrons. The van der Waals surface area contributed by atoms with Crippen molar-refractivity contribution in [1.82, 2.24) is 14.5 Å². The predicted molar refractivity (Wildman–Crippen MR) is 109 cm³/mol. The van der Waals surface area contributed by atoms with Gasteiger partial charge in [0, 0.05) is 18.0 Å². The van der Waals surface area contributed by atoms with Crippen molar-refractivity contribution in [3.63, 3.8) is 0 Å². The van der Waals surface area contributed by atoms with Crippen molar-refractivity contribution >= 4 is 29.5 Å². The molecule has 0 radical (unpaired) electrons. The monoisotopic (exact) mass is 413 g/mol. The summed E-state index contributed by atoms with van der Waals surface area (Å²) in [4.78, 5) is 27.2. The van der Waals surface area contributed by atoms with Gasteiger partial charge >= 0.3 is 7.60 Å². The minimum absolute atomic E-state index is 0.265. The van der Waals surface area contributed by atoms with Gasteiger partial charge in [0.1, 0.15) is 5.52 Å². The molecule has 0 amide bonds. The van der Waals surface area contributed by atoms with Crippen LogP contribution >= 0.6 is 7.60 Å². The lowest BCUT2D eigenvalue weighted by Crippen LogP contribution is -2.00. The molecule has 0 unspecified atom stereocenters. The maximum Gasteiger partial charge on any atom is 0.329 e. The summed E-state index contributed by atoms with van der Waals surface area (Å²) in [6, 6.07) is 10.9. The van der Waals surface area contributed by atoms with E-state index in [1.165, 1.54) is 0 Å². The van der Waals surface area contributed by atoms with Gasteiger partial charge in [-0.3, -0.25) is 9.55 Å². The fourth-order valence-electron chi connectivity index (χ4n) is 3.38.